The molecule has 3 aromatic carbocycles. The lowest BCUT2D eigenvalue weighted by Crippen LogP contribution is -2.49. The second-order valence-electron chi connectivity index (χ2n) is 7.74. The maximum absolute atomic E-state index is 13.6. The number of rotatable bonds is 8. The highest BCUT2D eigenvalue weighted by atomic mass is 32.2. The zero-order valence-electron chi connectivity index (χ0n) is 18.2. The summed E-state index contributed by atoms with van der Waals surface area (Å²) in [7, 11) is -4.61. The molecule has 0 saturated carbocycles. The Kier molecular flexibility index (Phi) is 7.75. The Morgan fingerprint density at radius 3 is 2.21 bits per heavy atom. The fraction of sp³-hybridized carbons (Fsp3) is 0.208. The molecule has 34 heavy (non-hydrogen) atoms. The van der Waals surface area contributed by atoms with Crippen LogP contribution in [0.4, 0.5) is 13.2 Å². The molecule has 0 spiro atoms. The van der Waals surface area contributed by atoms with Gasteiger partial charge >= 0.3 is 6.18 Å². The number of nitrogens with zero attached hydrogens (tertiary/aromatic N) is 1. The van der Waals surface area contributed by atoms with E-state index in [-0.39, 0.29) is 13.0 Å². The first-order chi connectivity index (χ1) is 16.0. The maximum Gasteiger partial charge on any atom is 0.416 e. The molecule has 0 aliphatic rings. The van der Waals surface area contributed by atoms with Crippen molar-refractivity contribution >= 4 is 15.9 Å². The molecule has 1 atom stereocenters. The van der Waals surface area contributed by atoms with Crippen molar-refractivity contribution in [3.05, 3.63) is 101 Å². The first-order valence-corrected chi connectivity index (χ1v) is 11.7. The Balaban J connectivity index is 2.13. The lowest BCUT2D eigenvalue weighted by molar-refractivity contribution is -0.137. The topological polar surface area (TPSA) is 86.7 Å². The molecule has 0 radical (unpaired) electrons. The first kappa shape index (κ1) is 25.4. The van der Waals surface area contributed by atoms with Crippen molar-refractivity contribution in [3.63, 3.8) is 0 Å². The van der Waals surface area contributed by atoms with E-state index in [1.807, 2.05) is 6.92 Å². The monoisotopic (exact) mass is 492 g/mol. The van der Waals surface area contributed by atoms with Crippen LogP contribution in [0.15, 0.2) is 83.8 Å². The quantitative estimate of drug-likeness (QED) is 0.362. The lowest BCUT2D eigenvalue weighted by Gasteiger charge is -2.30. The molecule has 0 fully saturated rings. The maximum atomic E-state index is 13.6. The summed E-state index contributed by atoms with van der Waals surface area (Å²) >= 11 is 0. The number of hydroxylamine groups is 1. The van der Waals surface area contributed by atoms with E-state index in [1.165, 1.54) is 5.48 Å². The largest absolute Gasteiger partial charge is 0.416 e. The van der Waals surface area contributed by atoms with E-state index in [0.717, 1.165) is 28.1 Å². The van der Waals surface area contributed by atoms with Crippen LogP contribution in [0.3, 0.4) is 0 Å². The Labute approximate surface area is 195 Å². The summed E-state index contributed by atoms with van der Waals surface area (Å²) in [4.78, 5) is 12.0. The van der Waals surface area contributed by atoms with Gasteiger partial charge < -0.3 is 0 Å². The molecule has 3 aromatic rings. The molecule has 0 aliphatic heterocycles. The van der Waals surface area contributed by atoms with Gasteiger partial charge in [-0.25, -0.2) is 13.9 Å². The second-order valence-corrected chi connectivity index (χ2v) is 9.63. The highest BCUT2D eigenvalue weighted by Gasteiger charge is 2.38. The van der Waals surface area contributed by atoms with E-state index >= 15 is 0 Å². The molecular formula is C24H23F3N2O4S. The number of carbonyl (C=O) groups is 1. The normalized spacial score (nSPS) is 13.0. The van der Waals surface area contributed by atoms with E-state index in [1.54, 1.807) is 54.6 Å². The fourth-order valence-electron chi connectivity index (χ4n) is 3.44. The number of sulfonamides is 1. The third-order valence-electron chi connectivity index (χ3n) is 5.26. The smallest absolute Gasteiger partial charge is 0.289 e. The molecule has 0 heterocycles. The summed E-state index contributed by atoms with van der Waals surface area (Å²) in [5.41, 5.74) is 2.41. The van der Waals surface area contributed by atoms with Gasteiger partial charge in [0.1, 0.15) is 6.04 Å². The minimum atomic E-state index is -4.75. The van der Waals surface area contributed by atoms with Gasteiger partial charge in [0.2, 0.25) is 10.0 Å². The molecule has 0 saturated heterocycles. The van der Waals surface area contributed by atoms with Crippen LogP contribution >= 0.6 is 0 Å². The Morgan fingerprint density at radius 2 is 1.62 bits per heavy atom. The second kappa shape index (κ2) is 10.4. The van der Waals surface area contributed by atoms with E-state index in [2.05, 4.69) is 0 Å². The van der Waals surface area contributed by atoms with Gasteiger partial charge in [-0.3, -0.25) is 10.0 Å². The van der Waals surface area contributed by atoms with E-state index < -0.39 is 38.6 Å². The third kappa shape index (κ3) is 6.02. The summed E-state index contributed by atoms with van der Waals surface area (Å²) in [6, 6.07) is 17.3. The highest BCUT2D eigenvalue weighted by Crippen LogP contribution is 2.32. The SMILES string of the molecule is Cc1ccc(CN([C@@H](Cc2ccccc2)C(=O)NO)S(=O)(=O)c2cccc(C(F)(F)F)c2)cc1. The highest BCUT2D eigenvalue weighted by molar-refractivity contribution is 7.89. The molecule has 180 valence electrons. The van der Waals surface area contributed by atoms with E-state index in [4.69, 9.17) is 0 Å². The zero-order chi connectivity index (χ0) is 24.9. The molecule has 0 aromatic heterocycles. The number of benzene rings is 3. The number of hydrogen-bond donors (Lipinski definition) is 2. The Morgan fingerprint density at radius 1 is 0.971 bits per heavy atom. The van der Waals surface area contributed by atoms with Gasteiger partial charge in [-0.05, 0) is 42.7 Å². The first-order valence-electron chi connectivity index (χ1n) is 10.2. The van der Waals surface area contributed by atoms with Gasteiger partial charge in [0.25, 0.3) is 5.91 Å². The molecule has 1 amide bonds. The molecule has 3 rings (SSSR count). The molecule has 10 heteroatoms. The number of amides is 1. The van der Waals surface area contributed by atoms with Crippen molar-refractivity contribution in [2.24, 2.45) is 0 Å². The number of halogens is 3. The summed E-state index contributed by atoms with van der Waals surface area (Å²) in [6.45, 7) is 1.54. The van der Waals surface area contributed by atoms with Crippen molar-refractivity contribution in [1.82, 2.24) is 9.79 Å². The van der Waals surface area contributed by atoms with Crippen LogP contribution in [0.5, 0.6) is 0 Å². The molecule has 0 aliphatic carbocycles. The summed E-state index contributed by atoms with van der Waals surface area (Å²) in [5.74, 6) is -1.01. The van der Waals surface area contributed by atoms with E-state index in [0.29, 0.717) is 17.2 Å². The average Bonchev–Trinajstić information content (AvgIpc) is 2.82. The predicted molar refractivity (Wildman–Crippen MR) is 119 cm³/mol. The number of alkyl halides is 3. The van der Waals surface area contributed by atoms with Crippen LogP contribution < -0.4 is 5.48 Å². The molecule has 0 unspecified atom stereocenters. The van der Waals surface area contributed by atoms with Crippen LogP contribution in [0, 0.1) is 6.92 Å². The molecule has 2 N–H and O–H groups in total. The van der Waals surface area contributed by atoms with Crippen molar-refractivity contribution in [1.29, 1.82) is 0 Å². The Hall–Kier alpha value is -3.21. The number of nitrogens with one attached hydrogen (secondary N) is 1. The minimum Gasteiger partial charge on any atom is -0.289 e. The number of aryl methyl sites for hydroxylation is 1. The average molecular weight is 493 g/mol. The van der Waals surface area contributed by atoms with Crippen LogP contribution in [0.25, 0.3) is 0 Å². The van der Waals surface area contributed by atoms with Gasteiger partial charge in [-0.1, -0.05) is 66.2 Å². The predicted octanol–water partition coefficient (Wildman–Crippen LogP) is 4.32. The van der Waals surface area contributed by atoms with Gasteiger partial charge in [0.15, 0.2) is 0 Å². The van der Waals surface area contributed by atoms with Crippen LogP contribution in [-0.2, 0) is 34.0 Å². The molecular weight excluding hydrogens is 469 g/mol. The minimum absolute atomic E-state index is 0.114. The number of carbonyl (C=O) groups excluding carboxylic acids is 1. The van der Waals surface area contributed by atoms with Gasteiger partial charge in [0.05, 0.1) is 10.5 Å². The summed E-state index contributed by atoms with van der Waals surface area (Å²) < 4.78 is 67.9. The van der Waals surface area contributed by atoms with Crippen LogP contribution in [-0.4, -0.2) is 29.9 Å². The van der Waals surface area contributed by atoms with Crippen molar-refractivity contribution in [2.75, 3.05) is 0 Å². The van der Waals surface area contributed by atoms with Crippen molar-refractivity contribution in [3.8, 4) is 0 Å². The van der Waals surface area contributed by atoms with Gasteiger partial charge in [-0.15, -0.1) is 0 Å². The van der Waals surface area contributed by atoms with Crippen molar-refractivity contribution < 1.29 is 31.6 Å². The van der Waals surface area contributed by atoms with Crippen LogP contribution in [0.1, 0.15) is 22.3 Å². The fourth-order valence-corrected chi connectivity index (χ4v) is 5.06. The van der Waals surface area contributed by atoms with Gasteiger partial charge in [0, 0.05) is 6.54 Å². The molecule has 6 nitrogen and oxygen atoms in total. The lowest BCUT2D eigenvalue weighted by atomic mass is 10.0. The summed E-state index contributed by atoms with van der Waals surface area (Å²) in [5, 5.41) is 9.35. The molecule has 0 bridgehead atoms. The van der Waals surface area contributed by atoms with Crippen LogP contribution in [0.2, 0.25) is 0 Å². The Bertz CT molecular complexity index is 1230. The zero-order valence-corrected chi connectivity index (χ0v) is 19.0. The third-order valence-corrected chi connectivity index (χ3v) is 7.11. The van der Waals surface area contributed by atoms with Crippen molar-refractivity contribution in [2.45, 2.75) is 37.0 Å². The summed E-state index contributed by atoms with van der Waals surface area (Å²) in [6.07, 6.45) is -4.86. The van der Waals surface area contributed by atoms with E-state index in [9.17, 15) is 31.6 Å². The number of hydrogen-bond acceptors (Lipinski definition) is 4. The van der Waals surface area contributed by atoms with Gasteiger partial charge in [-0.2, -0.15) is 17.5 Å². The standard InChI is InChI=1S/C24H23F3N2O4S/c1-17-10-12-19(13-11-17)16-29(22(23(30)28-31)14-18-6-3-2-4-7-18)34(32,33)21-9-5-8-20(15-21)24(25,26)27/h2-13,15,22,31H,14,16H2,1H3,(H,28,30)/t22-/m0/s1.